The molecule has 0 bridgehead atoms. The van der Waals surface area contributed by atoms with Crippen LogP contribution in [0.2, 0.25) is 0 Å². The fourth-order valence-corrected chi connectivity index (χ4v) is 7.05. The van der Waals surface area contributed by atoms with Gasteiger partial charge < -0.3 is 8.83 Å². The highest BCUT2D eigenvalue weighted by Crippen LogP contribution is 2.40. The molecular formula is C43H27N3O2. The Bertz CT molecular complexity index is 2800. The van der Waals surface area contributed by atoms with Gasteiger partial charge in [-0.05, 0) is 71.1 Å². The van der Waals surface area contributed by atoms with Crippen molar-refractivity contribution in [2.45, 2.75) is 12.8 Å². The van der Waals surface area contributed by atoms with Crippen molar-refractivity contribution >= 4 is 60.2 Å². The van der Waals surface area contributed by atoms with E-state index in [2.05, 4.69) is 97.1 Å². The zero-order chi connectivity index (χ0) is 31.6. The summed E-state index contributed by atoms with van der Waals surface area (Å²) in [5.41, 5.74) is 8.33. The van der Waals surface area contributed by atoms with Crippen LogP contribution in [-0.4, -0.2) is 15.0 Å². The minimum atomic E-state index is 0.603. The van der Waals surface area contributed by atoms with Crippen LogP contribution in [0.25, 0.3) is 94.1 Å². The van der Waals surface area contributed by atoms with Gasteiger partial charge in [0.25, 0.3) is 0 Å². The average molecular weight is 618 g/mol. The third-order valence-electron chi connectivity index (χ3n) is 9.35. The molecule has 5 heteroatoms. The van der Waals surface area contributed by atoms with Crippen LogP contribution in [0.15, 0.2) is 148 Å². The van der Waals surface area contributed by atoms with Gasteiger partial charge in [0.05, 0.1) is 0 Å². The fraction of sp³-hybridized carbons (Fsp3) is 0.0465. The van der Waals surface area contributed by atoms with Gasteiger partial charge in [-0.3, -0.25) is 0 Å². The smallest absolute Gasteiger partial charge is 0.164 e. The molecular weight excluding hydrogens is 590 g/mol. The summed E-state index contributed by atoms with van der Waals surface area (Å²) in [7, 11) is 0. The second-order valence-corrected chi connectivity index (χ2v) is 12.3. The number of hydrogen-bond acceptors (Lipinski definition) is 5. The lowest BCUT2D eigenvalue weighted by Gasteiger charge is -2.11. The summed E-state index contributed by atoms with van der Waals surface area (Å²) >= 11 is 0. The number of benzene rings is 6. The standard InChI is InChI=1S/C43H27N3O2/c1-2-11-27(12-3-1)41-44-42(33-15-8-18-36-39(33)31-14-6-7-17-35(31)47-36)46-43(45-41)34-16-9-19-37-40(34)32-23-22-30(25-38(32)48-37)29-21-20-26-10-4-5-13-28(26)24-29/h2,4-25H,1,3H2. The molecule has 9 aromatic rings. The molecule has 10 rings (SSSR count). The number of hydrogen-bond donors (Lipinski definition) is 0. The first-order chi connectivity index (χ1) is 23.8. The molecule has 0 radical (unpaired) electrons. The quantitative estimate of drug-likeness (QED) is 0.197. The van der Waals surface area contributed by atoms with Crippen molar-refractivity contribution in [3.05, 3.63) is 145 Å². The maximum atomic E-state index is 6.51. The van der Waals surface area contributed by atoms with E-state index in [0.717, 1.165) is 84.5 Å². The second kappa shape index (κ2) is 10.6. The van der Waals surface area contributed by atoms with Crippen molar-refractivity contribution in [1.82, 2.24) is 15.0 Å². The number of furan rings is 2. The highest BCUT2D eigenvalue weighted by Gasteiger charge is 2.21. The Morgan fingerprint density at radius 2 is 1.08 bits per heavy atom. The van der Waals surface area contributed by atoms with E-state index < -0.39 is 0 Å². The SMILES string of the molecule is C1=CC(c2nc(-c3cccc4oc5ccccc5c34)nc(-c3cccc4oc5cc(-c6ccc7ccccc7c6)ccc5c34)n2)=CCC1. The molecule has 0 saturated heterocycles. The Kier molecular flexibility index (Phi) is 5.93. The molecule has 1 aliphatic carbocycles. The summed E-state index contributed by atoms with van der Waals surface area (Å²) in [5.74, 6) is 1.86. The maximum absolute atomic E-state index is 6.51. The highest BCUT2D eigenvalue weighted by atomic mass is 16.3. The van der Waals surface area contributed by atoms with E-state index in [0.29, 0.717) is 17.5 Å². The van der Waals surface area contributed by atoms with Crippen molar-refractivity contribution in [3.63, 3.8) is 0 Å². The third-order valence-corrected chi connectivity index (χ3v) is 9.35. The predicted molar refractivity (Wildman–Crippen MR) is 195 cm³/mol. The Labute approximate surface area is 275 Å². The van der Waals surface area contributed by atoms with E-state index in [1.54, 1.807) is 0 Å². The fourth-order valence-electron chi connectivity index (χ4n) is 7.05. The summed E-state index contributed by atoms with van der Waals surface area (Å²) < 4.78 is 12.7. The third kappa shape index (κ3) is 4.28. The topological polar surface area (TPSA) is 65.0 Å². The zero-order valence-electron chi connectivity index (χ0n) is 25.9. The maximum Gasteiger partial charge on any atom is 0.164 e. The minimum Gasteiger partial charge on any atom is -0.456 e. The lowest BCUT2D eigenvalue weighted by atomic mass is 9.99. The van der Waals surface area contributed by atoms with Crippen LogP contribution in [-0.2, 0) is 0 Å². The normalized spacial score (nSPS) is 13.3. The number of para-hydroxylation sites is 1. The molecule has 0 aliphatic heterocycles. The van der Waals surface area contributed by atoms with E-state index in [-0.39, 0.29) is 0 Å². The summed E-state index contributed by atoms with van der Waals surface area (Å²) in [4.78, 5) is 15.4. The van der Waals surface area contributed by atoms with Crippen LogP contribution in [0.3, 0.4) is 0 Å². The second-order valence-electron chi connectivity index (χ2n) is 12.3. The van der Waals surface area contributed by atoms with Gasteiger partial charge in [0, 0.05) is 38.2 Å². The molecule has 226 valence electrons. The van der Waals surface area contributed by atoms with Crippen LogP contribution in [0.1, 0.15) is 18.7 Å². The zero-order valence-corrected chi connectivity index (χ0v) is 25.9. The summed E-state index contributed by atoms with van der Waals surface area (Å²) in [6.45, 7) is 0. The van der Waals surface area contributed by atoms with Gasteiger partial charge in [-0.25, -0.2) is 15.0 Å². The van der Waals surface area contributed by atoms with Gasteiger partial charge in [0.1, 0.15) is 22.3 Å². The number of nitrogens with zero attached hydrogens (tertiary/aromatic N) is 3. The van der Waals surface area contributed by atoms with E-state index >= 15 is 0 Å². The van der Waals surface area contributed by atoms with E-state index in [9.17, 15) is 0 Å². The monoisotopic (exact) mass is 617 g/mol. The van der Waals surface area contributed by atoms with E-state index in [1.807, 2.05) is 42.5 Å². The first-order valence-corrected chi connectivity index (χ1v) is 16.3. The molecule has 3 aromatic heterocycles. The molecule has 1 aliphatic rings. The van der Waals surface area contributed by atoms with Crippen molar-refractivity contribution < 1.29 is 8.83 Å². The first-order valence-electron chi connectivity index (χ1n) is 16.3. The molecule has 48 heavy (non-hydrogen) atoms. The van der Waals surface area contributed by atoms with Gasteiger partial charge in [0.15, 0.2) is 17.5 Å². The average Bonchev–Trinajstić information content (AvgIpc) is 3.73. The number of fused-ring (bicyclic) bond motifs is 7. The van der Waals surface area contributed by atoms with Crippen molar-refractivity contribution in [3.8, 4) is 33.9 Å². The lowest BCUT2D eigenvalue weighted by Crippen LogP contribution is -2.03. The molecule has 3 heterocycles. The van der Waals surface area contributed by atoms with Crippen molar-refractivity contribution in [2.75, 3.05) is 0 Å². The van der Waals surface area contributed by atoms with Gasteiger partial charge >= 0.3 is 0 Å². The van der Waals surface area contributed by atoms with Gasteiger partial charge in [-0.15, -0.1) is 0 Å². The Balaban J connectivity index is 1.18. The number of aromatic nitrogens is 3. The molecule has 0 amide bonds. The van der Waals surface area contributed by atoms with Crippen LogP contribution in [0.5, 0.6) is 0 Å². The van der Waals surface area contributed by atoms with Crippen molar-refractivity contribution in [1.29, 1.82) is 0 Å². The molecule has 6 aromatic carbocycles. The van der Waals surface area contributed by atoms with Crippen LogP contribution in [0, 0.1) is 0 Å². The molecule has 5 nitrogen and oxygen atoms in total. The largest absolute Gasteiger partial charge is 0.456 e. The summed E-state index contributed by atoms with van der Waals surface area (Å²) in [6.07, 6.45) is 8.46. The predicted octanol–water partition coefficient (Wildman–Crippen LogP) is 11.6. The first kappa shape index (κ1) is 26.8. The summed E-state index contributed by atoms with van der Waals surface area (Å²) in [5, 5.41) is 6.48. The summed E-state index contributed by atoms with van der Waals surface area (Å²) in [6, 6.07) is 41.8. The molecule has 0 N–H and O–H groups in total. The highest BCUT2D eigenvalue weighted by molar-refractivity contribution is 6.13. The number of allylic oxidation sites excluding steroid dienone is 4. The Hall–Kier alpha value is -6.33. The van der Waals surface area contributed by atoms with Crippen LogP contribution in [0.4, 0.5) is 0 Å². The van der Waals surface area contributed by atoms with Crippen molar-refractivity contribution in [2.24, 2.45) is 0 Å². The molecule has 0 fully saturated rings. The van der Waals surface area contributed by atoms with Crippen LogP contribution < -0.4 is 0 Å². The molecule has 0 atom stereocenters. The lowest BCUT2D eigenvalue weighted by molar-refractivity contribution is 0.668. The molecule has 0 unspecified atom stereocenters. The van der Waals surface area contributed by atoms with Gasteiger partial charge in [-0.2, -0.15) is 0 Å². The van der Waals surface area contributed by atoms with E-state index in [1.165, 1.54) is 10.8 Å². The number of rotatable bonds is 4. The van der Waals surface area contributed by atoms with E-state index in [4.69, 9.17) is 23.8 Å². The van der Waals surface area contributed by atoms with Gasteiger partial charge in [0.2, 0.25) is 0 Å². The minimum absolute atomic E-state index is 0.603. The van der Waals surface area contributed by atoms with Crippen LogP contribution >= 0.6 is 0 Å². The Morgan fingerprint density at radius 3 is 1.85 bits per heavy atom. The Morgan fingerprint density at radius 1 is 0.458 bits per heavy atom. The molecule has 0 saturated carbocycles. The molecule has 0 spiro atoms. The van der Waals surface area contributed by atoms with Gasteiger partial charge in [-0.1, -0.05) is 103 Å².